The van der Waals surface area contributed by atoms with E-state index in [1.54, 1.807) is 97.2 Å². The minimum atomic E-state index is -2.32. The molecule has 2 bridgehead atoms. The number of carboxylic acid groups (broad SMARTS) is 1. The number of aliphatic hydroxyl groups is 8. The molecule has 3 aliphatic rings. The van der Waals surface area contributed by atoms with Gasteiger partial charge in [0.15, 0.2) is 17.9 Å². The molecule has 0 aliphatic carbocycles. The third kappa shape index (κ3) is 22.6. The topological polar surface area (TPSA) is 356 Å². The number of esters is 1. The van der Waals surface area contributed by atoms with Gasteiger partial charge in [-0.25, -0.2) is 0 Å². The van der Waals surface area contributed by atoms with Gasteiger partial charge >= 0.3 is 11.9 Å². The highest BCUT2D eigenvalue weighted by Gasteiger charge is 2.51. The van der Waals surface area contributed by atoms with Gasteiger partial charge < -0.3 is 76.4 Å². The number of benzene rings is 1. The van der Waals surface area contributed by atoms with Gasteiger partial charge in [-0.05, 0) is 68.7 Å². The molecule has 2 saturated heterocycles. The number of carbonyl (C=O) groups excluding carboxylic acids is 4. The molecular weight excluding hydrogens is 1020 g/mol. The fraction of sp³-hybridized carbons (Fsp3) is 0.576. The fourth-order valence-corrected chi connectivity index (χ4v) is 10.0. The van der Waals surface area contributed by atoms with E-state index in [0.29, 0.717) is 17.7 Å². The lowest BCUT2D eigenvalue weighted by molar-refractivity contribution is -0.308. The summed E-state index contributed by atoms with van der Waals surface area (Å²) in [6.07, 6.45) is 5.73. The number of hydrogen-bond donors (Lipinski definition) is 11. The number of Topliss-reactive ketones (excluding diaryl/α,β-unsaturated/α-hetero) is 3. The molecule has 1 aromatic carbocycles. The van der Waals surface area contributed by atoms with E-state index in [0.717, 1.165) is 0 Å². The number of carbonyl (C=O) groups is 5. The van der Waals surface area contributed by atoms with Crippen molar-refractivity contribution in [2.24, 2.45) is 29.4 Å². The van der Waals surface area contributed by atoms with Gasteiger partial charge in [0.25, 0.3) is 0 Å². The van der Waals surface area contributed by atoms with Crippen molar-refractivity contribution in [1.82, 2.24) is 0 Å². The molecule has 0 amide bonds. The van der Waals surface area contributed by atoms with Crippen molar-refractivity contribution in [3.63, 3.8) is 0 Å². The zero-order chi connectivity index (χ0) is 58.4. The predicted molar refractivity (Wildman–Crippen MR) is 292 cm³/mol. The van der Waals surface area contributed by atoms with Crippen LogP contribution in [0.1, 0.15) is 115 Å². The van der Waals surface area contributed by atoms with E-state index in [1.165, 1.54) is 13.0 Å². The van der Waals surface area contributed by atoms with Gasteiger partial charge in [0, 0.05) is 62.1 Å². The maximum absolute atomic E-state index is 13.3. The van der Waals surface area contributed by atoms with E-state index in [1.807, 2.05) is 26.8 Å². The van der Waals surface area contributed by atoms with Crippen LogP contribution >= 0.6 is 0 Å². The Labute approximate surface area is 462 Å². The van der Waals surface area contributed by atoms with Crippen LogP contribution < -0.4 is 11.5 Å². The van der Waals surface area contributed by atoms with Crippen LogP contribution in [-0.4, -0.2) is 161 Å². The maximum atomic E-state index is 13.3. The van der Waals surface area contributed by atoms with Crippen molar-refractivity contribution < 1.29 is 88.9 Å². The summed E-state index contributed by atoms with van der Waals surface area (Å²) in [5, 5.41) is 97.8. The Morgan fingerprint density at radius 2 is 1.33 bits per heavy atom. The second-order valence-corrected chi connectivity index (χ2v) is 21.4. The standard InChI is InChI=1S/C59H84N2O18/c1-35-18-15-13-11-9-7-5-6-8-10-12-14-16-21-46(77-58-55(72)53(61)54(71)38(4)76-58)31-50-52(57(73)74)49(69)34-59(75,79-50)33-45(66)29-44(65)28-43(64)27-41(62)19-17-20-42(63)30-51(70)78-56(35)37(3)26-36(2)47(67)32-48(68)39-22-24-40(60)25-23-39/h5-16,18,21-25,35-38,43-47,49-50,52-56,58,64-67,69,71-72,75H,17,19-20,26-34,60-61H2,1-4H3,(H,73,74)/t35?,36?,37?,38-,43?,44?,45?,46?,47?,49?,50?,52?,53+,54-,55+,56?,58+,59?/m1/s1. The van der Waals surface area contributed by atoms with Gasteiger partial charge in [-0.15, -0.1) is 0 Å². The Morgan fingerprint density at radius 1 is 0.759 bits per heavy atom. The predicted octanol–water partition coefficient (Wildman–Crippen LogP) is 3.77. The molecule has 2 fully saturated rings. The SMILES string of the molecule is CC1C=CC=CC=CC=CC=CC=CC=CC(O[C@@H]2O[C@H](C)[C@@H](O)[C@H](N)[C@@H]2O)CC2OC(O)(CC(O)CC(O)CC(O)CC(=O)CCCC(=O)CC(=O)OC1C(C)CC(C)C(O)CC(=O)c1ccc(N)cc1)CC(O)C2C(=O)O. The molecule has 3 aliphatic heterocycles. The second kappa shape index (κ2) is 32.8. The lowest BCUT2D eigenvalue weighted by atomic mass is 9.82. The van der Waals surface area contributed by atoms with E-state index in [-0.39, 0.29) is 62.1 Å². The first-order chi connectivity index (χ1) is 37.4. The van der Waals surface area contributed by atoms with Crippen LogP contribution in [0, 0.1) is 23.7 Å². The average Bonchev–Trinajstić information content (AvgIpc) is 3.40. The van der Waals surface area contributed by atoms with E-state index in [9.17, 15) is 69.9 Å². The summed E-state index contributed by atoms with van der Waals surface area (Å²) in [6.45, 7) is 7.07. The van der Waals surface area contributed by atoms with Crippen LogP contribution in [0.3, 0.4) is 0 Å². The van der Waals surface area contributed by atoms with Crippen LogP contribution in [0.25, 0.3) is 0 Å². The number of carboxylic acids is 1. The van der Waals surface area contributed by atoms with Crippen LogP contribution in [0.5, 0.6) is 0 Å². The van der Waals surface area contributed by atoms with Crippen LogP contribution in [-0.2, 0) is 38.1 Å². The Bertz CT molecular complexity index is 2330. The second-order valence-electron chi connectivity index (χ2n) is 21.4. The zero-order valence-corrected chi connectivity index (χ0v) is 45.5. The molecule has 0 aromatic heterocycles. The third-order valence-corrected chi connectivity index (χ3v) is 14.4. The molecule has 0 radical (unpaired) electrons. The number of nitrogens with two attached hydrogens (primary N) is 2. The van der Waals surface area contributed by atoms with Crippen LogP contribution in [0.2, 0.25) is 0 Å². The van der Waals surface area contributed by atoms with E-state index >= 15 is 0 Å². The monoisotopic (exact) mass is 1110 g/mol. The molecule has 4 rings (SSSR count). The molecule has 438 valence electrons. The first-order valence-corrected chi connectivity index (χ1v) is 27.1. The number of fused-ring (bicyclic) bond motifs is 2. The number of hydrogen-bond acceptors (Lipinski definition) is 19. The van der Waals surface area contributed by atoms with E-state index in [4.69, 9.17) is 30.4 Å². The number of ketones is 3. The van der Waals surface area contributed by atoms with Gasteiger partial charge in [0.2, 0.25) is 0 Å². The van der Waals surface area contributed by atoms with Crippen LogP contribution in [0.15, 0.2) is 109 Å². The average molecular weight is 1110 g/mol. The smallest absolute Gasteiger partial charge is 0.313 e. The molecular formula is C59H84N2O18. The minimum absolute atomic E-state index is 0.0673. The largest absolute Gasteiger partial charge is 0.481 e. The summed E-state index contributed by atoms with van der Waals surface area (Å²) in [5.41, 5.74) is 12.7. The van der Waals surface area contributed by atoms with Gasteiger partial charge in [-0.2, -0.15) is 0 Å². The van der Waals surface area contributed by atoms with Crippen molar-refractivity contribution in [3.05, 3.63) is 115 Å². The van der Waals surface area contributed by atoms with Crippen molar-refractivity contribution >= 4 is 35.0 Å². The van der Waals surface area contributed by atoms with E-state index < -0.39 is 147 Å². The Kier molecular flexibility index (Phi) is 27.5. The van der Waals surface area contributed by atoms with Gasteiger partial charge in [-0.1, -0.05) is 106 Å². The summed E-state index contributed by atoms with van der Waals surface area (Å²) < 4.78 is 23.7. The molecule has 13 N–H and O–H groups in total. The highest BCUT2D eigenvalue weighted by Crippen LogP contribution is 2.38. The summed E-state index contributed by atoms with van der Waals surface area (Å²) in [5.74, 6) is -8.34. The molecule has 18 atom stereocenters. The van der Waals surface area contributed by atoms with Gasteiger partial charge in [-0.3, -0.25) is 24.0 Å². The Balaban J connectivity index is 1.54. The van der Waals surface area contributed by atoms with Crippen LogP contribution in [0.4, 0.5) is 5.69 Å². The summed E-state index contributed by atoms with van der Waals surface area (Å²) in [6, 6.07) is 5.27. The van der Waals surface area contributed by atoms with E-state index in [2.05, 4.69) is 0 Å². The van der Waals surface area contributed by atoms with Gasteiger partial charge in [0.1, 0.15) is 36.1 Å². The maximum Gasteiger partial charge on any atom is 0.313 e. The highest BCUT2D eigenvalue weighted by molar-refractivity contribution is 5.97. The number of anilines is 1. The number of allylic oxidation sites excluding steroid dienone is 12. The quantitative estimate of drug-likeness (QED) is 0.0687. The molecule has 1 aromatic rings. The van der Waals surface area contributed by atoms with Gasteiger partial charge in [0.05, 0.1) is 61.0 Å². The van der Waals surface area contributed by atoms with Crippen molar-refractivity contribution in [1.29, 1.82) is 0 Å². The number of aliphatic carboxylic acids is 1. The molecule has 3 heterocycles. The Morgan fingerprint density at radius 3 is 1.94 bits per heavy atom. The highest BCUT2D eigenvalue weighted by atomic mass is 16.7. The van der Waals surface area contributed by atoms with Crippen molar-refractivity contribution in [3.8, 4) is 0 Å². The number of aliphatic hydroxyl groups excluding tert-OH is 7. The molecule has 20 nitrogen and oxygen atoms in total. The molecule has 79 heavy (non-hydrogen) atoms. The molecule has 0 spiro atoms. The summed E-state index contributed by atoms with van der Waals surface area (Å²) in [7, 11) is 0. The number of nitrogen functional groups attached to an aromatic ring is 1. The fourth-order valence-electron chi connectivity index (χ4n) is 10.0. The lowest BCUT2D eigenvalue weighted by Gasteiger charge is -2.45. The van der Waals surface area contributed by atoms with Crippen molar-refractivity contribution in [2.45, 2.75) is 190 Å². The number of ether oxygens (including phenoxy) is 4. The number of rotatable bonds is 10. The minimum Gasteiger partial charge on any atom is -0.481 e. The third-order valence-electron chi connectivity index (χ3n) is 14.4. The summed E-state index contributed by atoms with van der Waals surface area (Å²) in [4.78, 5) is 64.6. The first kappa shape index (κ1) is 66.2. The molecule has 0 saturated carbocycles. The Hall–Kier alpha value is -5.33. The summed E-state index contributed by atoms with van der Waals surface area (Å²) >= 11 is 0. The lowest BCUT2D eigenvalue weighted by Crippen LogP contribution is -2.61. The number of cyclic esters (lactones) is 1. The molecule has 20 heteroatoms. The van der Waals surface area contributed by atoms with Crippen molar-refractivity contribution in [2.75, 3.05) is 5.73 Å². The molecule has 13 unspecified atom stereocenters. The zero-order valence-electron chi connectivity index (χ0n) is 45.5. The first-order valence-electron chi connectivity index (χ1n) is 27.1. The normalized spacial score (nSPS) is 34.1.